The Kier molecular flexibility index (Phi) is 7.56. The Morgan fingerprint density at radius 2 is 2.06 bits per heavy atom. The summed E-state index contributed by atoms with van der Waals surface area (Å²) in [5.41, 5.74) is 0.552. The van der Waals surface area contributed by atoms with Gasteiger partial charge in [0, 0.05) is 20.1 Å². The van der Waals surface area contributed by atoms with Crippen molar-refractivity contribution in [3.8, 4) is 0 Å². The number of aliphatic imine (C=N–C) groups is 1. The van der Waals surface area contributed by atoms with Gasteiger partial charge in [-0.15, -0.1) is 0 Å². The van der Waals surface area contributed by atoms with Crippen molar-refractivity contribution in [1.29, 1.82) is 0 Å². The van der Waals surface area contributed by atoms with Crippen molar-refractivity contribution in [3.63, 3.8) is 0 Å². The SMILES string of the molecule is CCC1(CNC(=NC)NCCCCSC)CCC1. The summed E-state index contributed by atoms with van der Waals surface area (Å²) in [5, 5.41) is 6.89. The van der Waals surface area contributed by atoms with Gasteiger partial charge in [0.2, 0.25) is 0 Å². The smallest absolute Gasteiger partial charge is 0.190 e. The van der Waals surface area contributed by atoms with Gasteiger partial charge in [0.15, 0.2) is 5.96 Å². The third kappa shape index (κ3) is 5.09. The second-order valence-corrected chi connectivity index (χ2v) is 6.25. The average molecular weight is 271 g/mol. The molecule has 2 N–H and O–H groups in total. The van der Waals surface area contributed by atoms with Crippen LogP contribution in [-0.4, -0.2) is 38.1 Å². The summed E-state index contributed by atoms with van der Waals surface area (Å²) in [5.74, 6) is 2.23. The van der Waals surface area contributed by atoms with E-state index in [2.05, 4.69) is 28.8 Å². The average Bonchev–Trinajstić information content (AvgIpc) is 2.35. The second-order valence-electron chi connectivity index (χ2n) is 5.26. The maximum Gasteiger partial charge on any atom is 0.190 e. The number of hydrogen-bond acceptors (Lipinski definition) is 2. The van der Waals surface area contributed by atoms with Crippen molar-refractivity contribution in [2.24, 2.45) is 10.4 Å². The Hall–Kier alpha value is -0.380. The summed E-state index contributed by atoms with van der Waals surface area (Å²) < 4.78 is 0. The quantitative estimate of drug-likeness (QED) is 0.405. The predicted octanol–water partition coefficient (Wildman–Crippen LogP) is 2.87. The van der Waals surface area contributed by atoms with Crippen molar-refractivity contribution < 1.29 is 0 Å². The van der Waals surface area contributed by atoms with E-state index in [0.29, 0.717) is 5.41 Å². The van der Waals surface area contributed by atoms with Crippen LogP contribution in [0.25, 0.3) is 0 Å². The highest BCUT2D eigenvalue weighted by Crippen LogP contribution is 2.42. The van der Waals surface area contributed by atoms with Crippen molar-refractivity contribution >= 4 is 17.7 Å². The van der Waals surface area contributed by atoms with E-state index in [0.717, 1.165) is 19.0 Å². The van der Waals surface area contributed by atoms with E-state index in [4.69, 9.17) is 0 Å². The van der Waals surface area contributed by atoms with Crippen LogP contribution in [0.3, 0.4) is 0 Å². The fourth-order valence-electron chi connectivity index (χ4n) is 2.40. The third-order valence-electron chi connectivity index (χ3n) is 4.09. The number of thioether (sulfide) groups is 1. The van der Waals surface area contributed by atoms with Gasteiger partial charge in [0.05, 0.1) is 0 Å². The van der Waals surface area contributed by atoms with Crippen LogP contribution >= 0.6 is 11.8 Å². The summed E-state index contributed by atoms with van der Waals surface area (Å²) in [4.78, 5) is 4.29. The van der Waals surface area contributed by atoms with E-state index < -0.39 is 0 Å². The first kappa shape index (κ1) is 15.7. The van der Waals surface area contributed by atoms with Crippen molar-refractivity contribution in [1.82, 2.24) is 10.6 Å². The number of guanidine groups is 1. The zero-order valence-corrected chi connectivity index (χ0v) is 13.0. The molecule has 3 nitrogen and oxygen atoms in total. The molecule has 0 unspecified atom stereocenters. The van der Waals surface area contributed by atoms with E-state index in [9.17, 15) is 0 Å². The number of hydrogen-bond donors (Lipinski definition) is 2. The molecule has 1 rings (SSSR count). The van der Waals surface area contributed by atoms with Crippen LogP contribution in [0, 0.1) is 5.41 Å². The molecule has 0 atom stereocenters. The lowest BCUT2D eigenvalue weighted by atomic mass is 9.67. The summed E-state index contributed by atoms with van der Waals surface area (Å²) in [7, 11) is 1.86. The van der Waals surface area contributed by atoms with Crippen LogP contribution in [0.1, 0.15) is 45.4 Å². The van der Waals surface area contributed by atoms with E-state index in [1.807, 2.05) is 18.8 Å². The van der Waals surface area contributed by atoms with Gasteiger partial charge in [-0.1, -0.05) is 13.3 Å². The van der Waals surface area contributed by atoms with Crippen molar-refractivity contribution in [2.45, 2.75) is 45.4 Å². The Labute approximate surface area is 117 Å². The zero-order chi connectivity index (χ0) is 13.3. The minimum atomic E-state index is 0.552. The summed E-state index contributed by atoms with van der Waals surface area (Å²) in [6.45, 7) is 4.41. The van der Waals surface area contributed by atoms with Gasteiger partial charge in [-0.3, -0.25) is 4.99 Å². The predicted molar refractivity (Wildman–Crippen MR) is 83.6 cm³/mol. The molecular weight excluding hydrogens is 242 g/mol. The van der Waals surface area contributed by atoms with E-state index in [1.54, 1.807) is 0 Å². The Bertz CT molecular complexity index is 244. The lowest BCUT2D eigenvalue weighted by molar-refractivity contribution is 0.131. The molecule has 0 spiro atoms. The topological polar surface area (TPSA) is 36.4 Å². The molecule has 0 bridgehead atoms. The molecule has 106 valence electrons. The maximum atomic E-state index is 4.29. The normalized spacial score (nSPS) is 18.3. The highest BCUT2D eigenvalue weighted by Gasteiger charge is 2.34. The van der Waals surface area contributed by atoms with E-state index in [-0.39, 0.29) is 0 Å². The molecule has 0 saturated heterocycles. The summed E-state index contributed by atoms with van der Waals surface area (Å²) >= 11 is 1.92. The molecule has 0 aromatic rings. The largest absolute Gasteiger partial charge is 0.356 e. The molecule has 0 amide bonds. The van der Waals surface area contributed by atoms with Crippen LogP contribution < -0.4 is 10.6 Å². The lowest BCUT2D eigenvalue weighted by Crippen LogP contribution is -2.46. The first-order valence-electron chi connectivity index (χ1n) is 7.20. The van der Waals surface area contributed by atoms with Gasteiger partial charge in [-0.25, -0.2) is 0 Å². The standard InChI is InChI=1S/C14H29N3S/c1-4-14(8-7-9-14)12-17-13(15-2)16-10-5-6-11-18-3/h4-12H2,1-3H3,(H2,15,16,17). The molecule has 0 aromatic carbocycles. The number of unbranched alkanes of at least 4 members (excludes halogenated alkanes) is 1. The molecule has 0 aliphatic heterocycles. The molecule has 1 aliphatic carbocycles. The fraction of sp³-hybridized carbons (Fsp3) is 0.929. The monoisotopic (exact) mass is 271 g/mol. The Morgan fingerprint density at radius 3 is 2.56 bits per heavy atom. The van der Waals surface area contributed by atoms with Gasteiger partial charge in [-0.2, -0.15) is 11.8 Å². The molecular formula is C14H29N3S. The van der Waals surface area contributed by atoms with Gasteiger partial charge in [0.25, 0.3) is 0 Å². The van der Waals surface area contributed by atoms with Crippen LogP contribution in [0.5, 0.6) is 0 Å². The summed E-state index contributed by atoms with van der Waals surface area (Å²) in [6, 6.07) is 0. The molecule has 1 saturated carbocycles. The second kappa shape index (κ2) is 8.68. The number of nitrogens with zero attached hydrogens (tertiary/aromatic N) is 1. The molecule has 1 aliphatic rings. The lowest BCUT2D eigenvalue weighted by Gasteiger charge is -2.41. The van der Waals surface area contributed by atoms with Gasteiger partial charge in [0.1, 0.15) is 0 Å². The Morgan fingerprint density at radius 1 is 1.28 bits per heavy atom. The van der Waals surface area contributed by atoms with E-state index in [1.165, 1.54) is 44.3 Å². The number of nitrogens with one attached hydrogen (secondary N) is 2. The molecule has 18 heavy (non-hydrogen) atoms. The minimum Gasteiger partial charge on any atom is -0.356 e. The third-order valence-corrected chi connectivity index (χ3v) is 4.78. The summed E-state index contributed by atoms with van der Waals surface area (Å²) in [6.07, 6.45) is 10.1. The van der Waals surface area contributed by atoms with E-state index >= 15 is 0 Å². The maximum absolute atomic E-state index is 4.29. The number of rotatable bonds is 8. The van der Waals surface area contributed by atoms with Crippen molar-refractivity contribution in [3.05, 3.63) is 0 Å². The highest BCUT2D eigenvalue weighted by molar-refractivity contribution is 7.98. The van der Waals surface area contributed by atoms with Crippen LogP contribution in [-0.2, 0) is 0 Å². The van der Waals surface area contributed by atoms with Gasteiger partial charge in [-0.05, 0) is 49.5 Å². The minimum absolute atomic E-state index is 0.552. The van der Waals surface area contributed by atoms with Crippen molar-refractivity contribution in [2.75, 3.05) is 32.1 Å². The molecule has 1 fully saturated rings. The fourth-order valence-corrected chi connectivity index (χ4v) is 2.89. The highest BCUT2D eigenvalue weighted by atomic mass is 32.2. The van der Waals surface area contributed by atoms with Crippen LogP contribution in [0.2, 0.25) is 0 Å². The van der Waals surface area contributed by atoms with Gasteiger partial charge < -0.3 is 10.6 Å². The molecule has 0 aromatic heterocycles. The van der Waals surface area contributed by atoms with Crippen LogP contribution in [0.15, 0.2) is 4.99 Å². The molecule has 0 radical (unpaired) electrons. The first-order valence-corrected chi connectivity index (χ1v) is 8.59. The zero-order valence-electron chi connectivity index (χ0n) is 12.2. The first-order chi connectivity index (χ1) is 8.76. The Balaban J connectivity index is 2.14. The molecule has 4 heteroatoms. The molecule has 0 heterocycles. The van der Waals surface area contributed by atoms with Crippen LogP contribution in [0.4, 0.5) is 0 Å². The van der Waals surface area contributed by atoms with Gasteiger partial charge >= 0.3 is 0 Å².